The number of ether oxygens (including phenoxy) is 2. The van der Waals surface area contributed by atoms with Gasteiger partial charge < -0.3 is 14.0 Å². The van der Waals surface area contributed by atoms with Crippen molar-refractivity contribution in [1.29, 1.82) is 0 Å². The highest BCUT2D eigenvalue weighted by atomic mass is 16.6. The second-order valence-electron chi connectivity index (χ2n) is 8.69. The Labute approximate surface area is 197 Å². The molecule has 0 saturated carbocycles. The number of likely N-dealkylation sites (N-methyl/N-ethyl adjacent to an activating group) is 1. The van der Waals surface area contributed by atoms with Crippen LogP contribution in [0.4, 0.5) is 0 Å². The van der Waals surface area contributed by atoms with Crippen molar-refractivity contribution in [2.24, 2.45) is 0 Å². The third-order valence-corrected chi connectivity index (χ3v) is 6.92. The highest BCUT2D eigenvalue weighted by Gasteiger charge is 2.50. The number of esters is 2. The highest BCUT2D eigenvalue weighted by Crippen LogP contribution is 2.40. The number of fused-ring (bicyclic) bond motifs is 5. The summed E-state index contributed by atoms with van der Waals surface area (Å²) >= 11 is 0. The van der Waals surface area contributed by atoms with E-state index in [-0.39, 0.29) is 25.1 Å². The van der Waals surface area contributed by atoms with Crippen molar-refractivity contribution >= 4 is 22.8 Å². The van der Waals surface area contributed by atoms with Crippen molar-refractivity contribution in [3.05, 3.63) is 63.4 Å². The summed E-state index contributed by atoms with van der Waals surface area (Å²) in [6.45, 7) is 7.32. The van der Waals surface area contributed by atoms with Crippen molar-refractivity contribution in [1.82, 2.24) is 14.5 Å². The molecule has 1 aromatic carbocycles. The maximum Gasteiger partial charge on any atom is 0.355 e. The molecule has 0 radical (unpaired) electrons. The summed E-state index contributed by atoms with van der Waals surface area (Å²) in [5.41, 5.74) is 1.93. The predicted molar refractivity (Wildman–Crippen MR) is 126 cm³/mol. The van der Waals surface area contributed by atoms with E-state index in [1.54, 1.807) is 17.6 Å². The number of para-hydroxylation sites is 1. The van der Waals surface area contributed by atoms with Gasteiger partial charge >= 0.3 is 11.9 Å². The maximum absolute atomic E-state index is 13.5. The minimum Gasteiger partial charge on any atom is -0.457 e. The normalized spacial score (nSPS) is 18.4. The minimum atomic E-state index is -1.66. The van der Waals surface area contributed by atoms with E-state index in [1.807, 2.05) is 49.1 Å². The number of carbonyl (C=O) groups excluding carboxylic acids is 2. The molecule has 4 heterocycles. The zero-order valence-corrected chi connectivity index (χ0v) is 19.6. The Bertz CT molecular complexity index is 1370. The number of benzene rings is 1. The van der Waals surface area contributed by atoms with Crippen LogP contribution in [0.1, 0.15) is 43.9 Å². The first-order valence-electron chi connectivity index (χ1n) is 11.7. The van der Waals surface area contributed by atoms with Gasteiger partial charge in [0.25, 0.3) is 5.56 Å². The van der Waals surface area contributed by atoms with Crippen LogP contribution in [0.5, 0.6) is 0 Å². The van der Waals surface area contributed by atoms with Crippen molar-refractivity contribution < 1.29 is 19.1 Å². The van der Waals surface area contributed by atoms with Crippen LogP contribution in [0.3, 0.4) is 0 Å². The summed E-state index contributed by atoms with van der Waals surface area (Å²) in [6, 6.07) is 11.6. The number of nitrogens with zero attached hydrogens (tertiary/aromatic N) is 3. The van der Waals surface area contributed by atoms with Gasteiger partial charge in [-0.1, -0.05) is 39.0 Å². The molecule has 2 aromatic heterocycles. The van der Waals surface area contributed by atoms with Crippen LogP contribution >= 0.6 is 0 Å². The van der Waals surface area contributed by atoms with Crippen LogP contribution in [-0.4, -0.2) is 46.0 Å². The summed E-state index contributed by atoms with van der Waals surface area (Å²) in [5, 5.41) is 0.999. The van der Waals surface area contributed by atoms with Gasteiger partial charge in [-0.05, 0) is 37.7 Å². The van der Waals surface area contributed by atoms with Crippen LogP contribution < -0.4 is 5.56 Å². The fraction of sp³-hybridized carbons (Fsp3) is 0.385. The van der Waals surface area contributed by atoms with E-state index in [0.717, 1.165) is 16.5 Å². The van der Waals surface area contributed by atoms with Gasteiger partial charge in [-0.3, -0.25) is 14.5 Å². The molecule has 0 fully saturated rings. The van der Waals surface area contributed by atoms with Gasteiger partial charge in [0.1, 0.15) is 6.61 Å². The quantitative estimate of drug-likeness (QED) is 0.408. The molecule has 34 heavy (non-hydrogen) atoms. The largest absolute Gasteiger partial charge is 0.457 e. The SMILES string of the molecule is CCN(CC)CC(=O)O[C@]1(CC)C(=O)OCc2c1cc1n(c2=O)Cc2cc3ccccc3nc2-1. The molecule has 5 rings (SSSR count). The first-order chi connectivity index (χ1) is 16.4. The van der Waals surface area contributed by atoms with E-state index in [9.17, 15) is 14.4 Å². The summed E-state index contributed by atoms with van der Waals surface area (Å²) in [5.74, 6) is -1.18. The predicted octanol–water partition coefficient (Wildman–Crippen LogP) is 2.97. The second kappa shape index (κ2) is 8.36. The summed E-state index contributed by atoms with van der Waals surface area (Å²) in [4.78, 5) is 46.2. The Kier molecular flexibility index (Phi) is 5.48. The Morgan fingerprint density at radius 2 is 1.94 bits per heavy atom. The van der Waals surface area contributed by atoms with E-state index in [4.69, 9.17) is 14.5 Å². The molecule has 0 saturated heterocycles. The monoisotopic (exact) mass is 461 g/mol. The Hall–Kier alpha value is -3.52. The van der Waals surface area contributed by atoms with Crippen LogP contribution in [0.15, 0.2) is 41.2 Å². The van der Waals surface area contributed by atoms with Gasteiger partial charge in [0.2, 0.25) is 5.60 Å². The number of aromatic nitrogens is 2. The average molecular weight is 462 g/mol. The molecule has 0 bridgehead atoms. The number of hydrogen-bond donors (Lipinski definition) is 0. The molecule has 8 nitrogen and oxygen atoms in total. The Morgan fingerprint density at radius 3 is 2.68 bits per heavy atom. The topological polar surface area (TPSA) is 90.7 Å². The van der Waals surface area contributed by atoms with Crippen LogP contribution in [0, 0.1) is 0 Å². The molecule has 0 unspecified atom stereocenters. The minimum absolute atomic E-state index is 0.0532. The van der Waals surface area contributed by atoms with Crippen LogP contribution in [0.2, 0.25) is 0 Å². The third kappa shape index (κ3) is 3.32. The first kappa shape index (κ1) is 22.3. The number of hydrogen-bond acceptors (Lipinski definition) is 7. The lowest BCUT2D eigenvalue weighted by molar-refractivity contribution is -0.190. The molecule has 8 heteroatoms. The molecule has 0 spiro atoms. The van der Waals surface area contributed by atoms with E-state index >= 15 is 0 Å². The molecule has 0 aliphatic carbocycles. The van der Waals surface area contributed by atoms with Crippen molar-refractivity contribution in [3.63, 3.8) is 0 Å². The first-order valence-corrected chi connectivity index (χ1v) is 11.7. The number of rotatable bonds is 6. The number of pyridine rings is 2. The third-order valence-electron chi connectivity index (χ3n) is 6.92. The van der Waals surface area contributed by atoms with Gasteiger partial charge in [0.15, 0.2) is 0 Å². The lowest BCUT2D eigenvalue weighted by atomic mass is 9.85. The summed E-state index contributed by atoms with van der Waals surface area (Å²) in [6.07, 6.45) is 0.156. The molecule has 1 atom stereocenters. The fourth-order valence-electron chi connectivity index (χ4n) is 4.94. The maximum atomic E-state index is 13.5. The van der Waals surface area contributed by atoms with Crippen molar-refractivity contribution in [2.45, 2.75) is 45.9 Å². The molecule has 2 aliphatic rings. The van der Waals surface area contributed by atoms with E-state index < -0.39 is 17.5 Å². The van der Waals surface area contributed by atoms with Gasteiger partial charge in [-0.15, -0.1) is 0 Å². The fourth-order valence-corrected chi connectivity index (χ4v) is 4.94. The standard InChI is InChI=1S/C26H27N3O5/c1-4-26(34-22(30)14-28(5-2)6-3)19-12-21-23-17(11-16-9-7-8-10-20(16)27-23)13-29(21)24(31)18(19)15-33-25(26)32/h7-12H,4-6,13-15H2,1-3H3/t26-/m0/s1. The molecule has 2 aliphatic heterocycles. The van der Waals surface area contributed by atoms with Crippen LogP contribution in [-0.2, 0) is 37.8 Å². The number of cyclic esters (lactones) is 1. The van der Waals surface area contributed by atoms with Crippen LogP contribution in [0.25, 0.3) is 22.3 Å². The van der Waals surface area contributed by atoms with E-state index in [1.165, 1.54) is 0 Å². The van der Waals surface area contributed by atoms with Gasteiger partial charge in [0, 0.05) is 16.5 Å². The van der Waals surface area contributed by atoms with Crippen molar-refractivity contribution in [3.8, 4) is 11.4 Å². The van der Waals surface area contributed by atoms with Crippen molar-refractivity contribution in [2.75, 3.05) is 19.6 Å². The molecule has 3 aromatic rings. The lowest BCUT2D eigenvalue weighted by Crippen LogP contribution is -2.48. The second-order valence-corrected chi connectivity index (χ2v) is 8.69. The molecule has 0 amide bonds. The summed E-state index contributed by atoms with van der Waals surface area (Å²) in [7, 11) is 0. The van der Waals surface area contributed by atoms with Gasteiger partial charge in [-0.25, -0.2) is 9.78 Å². The molecular formula is C26H27N3O5. The summed E-state index contributed by atoms with van der Waals surface area (Å²) < 4.78 is 12.9. The molecule has 0 N–H and O–H groups in total. The van der Waals surface area contributed by atoms with E-state index in [0.29, 0.717) is 42.1 Å². The lowest BCUT2D eigenvalue weighted by Gasteiger charge is -2.36. The highest BCUT2D eigenvalue weighted by molar-refractivity contribution is 5.88. The van der Waals surface area contributed by atoms with Gasteiger partial charge in [0.05, 0.1) is 35.6 Å². The molecule has 176 valence electrons. The van der Waals surface area contributed by atoms with E-state index in [2.05, 4.69) is 0 Å². The zero-order valence-electron chi connectivity index (χ0n) is 19.6. The van der Waals surface area contributed by atoms with Gasteiger partial charge in [-0.2, -0.15) is 0 Å². The number of carbonyl (C=O) groups is 2. The Morgan fingerprint density at radius 1 is 1.18 bits per heavy atom. The zero-order chi connectivity index (χ0) is 24.0. The Balaban J connectivity index is 1.64. The smallest absolute Gasteiger partial charge is 0.355 e. The average Bonchev–Trinajstić information content (AvgIpc) is 3.20. The molecular weight excluding hydrogens is 434 g/mol.